The number of aromatic nitrogens is 3. The SMILES string of the molecule is c1cncc(-c2c3ccccc3c(-c3ccc(-c4cnc5c6ccccc6c6ccccc6c5n4)cc3)c3ccccc23)c1. The minimum atomic E-state index is 0.867. The largest absolute Gasteiger partial charge is 0.264 e. The van der Waals surface area contributed by atoms with Crippen molar-refractivity contribution in [3.05, 3.63) is 152 Å². The summed E-state index contributed by atoms with van der Waals surface area (Å²) in [5, 5.41) is 9.55. The van der Waals surface area contributed by atoms with Crippen molar-refractivity contribution in [2.75, 3.05) is 0 Å². The lowest BCUT2D eigenvalue weighted by molar-refractivity contribution is 1.31. The Morgan fingerprint density at radius 2 is 0.818 bits per heavy atom. The lowest BCUT2D eigenvalue weighted by Gasteiger charge is -2.17. The van der Waals surface area contributed by atoms with E-state index < -0.39 is 0 Å². The molecule has 0 aliphatic rings. The molecule has 0 saturated carbocycles. The van der Waals surface area contributed by atoms with Gasteiger partial charge in [-0.2, -0.15) is 0 Å². The molecule has 0 aliphatic heterocycles. The second-order valence-electron chi connectivity index (χ2n) is 11.2. The third kappa shape index (κ3) is 3.73. The minimum Gasteiger partial charge on any atom is -0.264 e. The fourth-order valence-corrected chi connectivity index (χ4v) is 6.83. The van der Waals surface area contributed by atoms with Crippen molar-refractivity contribution in [3.8, 4) is 33.5 Å². The molecule has 0 aliphatic carbocycles. The second-order valence-corrected chi connectivity index (χ2v) is 11.2. The summed E-state index contributed by atoms with van der Waals surface area (Å²) in [6.45, 7) is 0. The van der Waals surface area contributed by atoms with Crippen LogP contribution in [-0.2, 0) is 0 Å². The van der Waals surface area contributed by atoms with Crippen LogP contribution in [0.5, 0.6) is 0 Å². The summed E-state index contributed by atoms with van der Waals surface area (Å²) in [5.74, 6) is 0. The zero-order valence-electron chi connectivity index (χ0n) is 23.8. The van der Waals surface area contributed by atoms with Gasteiger partial charge in [-0.25, -0.2) is 4.98 Å². The third-order valence-corrected chi connectivity index (χ3v) is 8.78. The van der Waals surface area contributed by atoms with Gasteiger partial charge in [-0.1, -0.05) is 127 Å². The normalized spacial score (nSPS) is 11.6. The van der Waals surface area contributed by atoms with Gasteiger partial charge in [-0.05, 0) is 55.1 Å². The first-order chi connectivity index (χ1) is 21.8. The topological polar surface area (TPSA) is 38.7 Å². The fourth-order valence-electron chi connectivity index (χ4n) is 6.83. The van der Waals surface area contributed by atoms with Crippen LogP contribution in [0.3, 0.4) is 0 Å². The summed E-state index contributed by atoms with van der Waals surface area (Å²) in [6.07, 6.45) is 5.69. The van der Waals surface area contributed by atoms with Crippen molar-refractivity contribution < 1.29 is 0 Å². The molecule has 0 radical (unpaired) electrons. The Kier molecular flexibility index (Phi) is 5.50. The van der Waals surface area contributed by atoms with E-state index in [1.807, 2.05) is 24.7 Å². The Balaban J connectivity index is 1.23. The van der Waals surface area contributed by atoms with Gasteiger partial charge in [0.05, 0.1) is 22.9 Å². The number of hydrogen-bond donors (Lipinski definition) is 0. The molecule has 0 unspecified atom stereocenters. The molecule has 44 heavy (non-hydrogen) atoms. The van der Waals surface area contributed by atoms with Crippen LogP contribution >= 0.6 is 0 Å². The number of pyridine rings is 1. The van der Waals surface area contributed by atoms with Gasteiger partial charge in [-0.3, -0.25) is 9.97 Å². The maximum Gasteiger partial charge on any atom is 0.0979 e. The predicted molar refractivity (Wildman–Crippen MR) is 184 cm³/mol. The molecular formula is C41H25N3. The number of rotatable bonds is 3. The summed E-state index contributed by atoms with van der Waals surface area (Å²) in [5.41, 5.74) is 8.52. The van der Waals surface area contributed by atoms with E-state index in [2.05, 4.69) is 132 Å². The molecule has 204 valence electrons. The van der Waals surface area contributed by atoms with Gasteiger partial charge in [0.25, 0.3) is 0 Å². The van der Waals surface area contributed by atoms with Gasteiger partial charge in [0.15, 0.2) is 0 Å². The molecule has 2 heterocycles. The van der Waals surface area contributed by atoms with Crippen LogP contribution in [0.15, 0.2) is 152 Å². The predicted octanol–water partition coefficient (Wildman–Crippen LogP) is 10.6. The lowest BCUT2D eigenvalue weighted by atomic mass is 9.86. The molecule has 3 heteroatoms. The average Bonchev–Trinajstić information content (AvgIpc) is 3.11. The first-order valence-corrected chi connectivity index (χ1v) is 14.9. The molecule has 0 N–H and O–H groups in total. The fraction of sp³-hybridized carbons (Fsp3) is 0. The Labute approximate surface area is 254 Å². The van der Waals surface area contributed by atoms with Crippen molar-refractivity contribution in [2.45, 2.75) is 0 Å². The Morgan fingerprint density at radius 3 is 1.36 bits per heavy atom. The van der Waals surface area contributed by atoms with E-state index in [-0.39, 0.29) is 0 Å². The highest BCUT2D eigenvalue weighted by Crippen LogP contribution is 2.43. The summed E-state index contributed by atoms with van der Waals surface area (Å²) >= 11 is 0. The van der Waals surface area contributed by atoms with Gasteiger partial charge in [0.2, 0.25) is 0 Å². The zero-order valence-corrected chi connectivity index (χ0v) is 23.8. The van der Waals surface area contributed by atoms with E-state index in [0.717, 1.165) is 38.6 Å². The van der Waals surface area contributed by atoms with Crippen molar-refractivity contribution in [2.24, 2.45) is 0 Å². The molecular weight excluding hydrogens is 534 g/mol. The maximum atomic E-state index is 5.20. The van der Waals surface area contributed by atoms with E-state index in [1.165, 1.54) is 49.0 Å². The van der Waals surface area contributed by atoms with Crippen molar-refractivity contribution in [1.29, 1.82) is 0 Å². The van der Waals surface area contributed by atoms with Gasteiger partial charge in [-0.15, -0.1) is 0 Å². The van der Waals surface area contributed by atoms with Crippen LogP contribution in [0.25, 0.3) is 87.6 Å². The average molecular weight is 560 g/mol. The number of fused-ring (bicyclic) bond motifs is 8. The molecule has 9 rings (SSSR count). The van der Waals surface area contributed by atoms with E-state index in [0.29, 0.717) is 0 Å². The summed E-state index contributed by atoms with van der Waals surface area (Å²) in [7, 11) is 0. The maximum absolute atomic E-state index is 5.20. The van der Waals surface area contributed by atoms with E-state index in [9.17, 15) is 0 Å². The molecule has 9 aromatic rings. The molecule has 0 fully saturated rings. The Bertz CT molecular complexity index is 2440. The first kappa shape index (κ1) is 24.6. The van der Waals surface area contributed by atoms with Crippen LogP contribution in [0.2, 0.25) is 0 Å². The van der Waals surface area contributed by atoms with Crippen LogP contribution in [-0.4, -0.2) is 15.0 Å². The molecule has 0 saturated heterocycles. The van der Waals surface area contributed by atoms with Crippen molar-refractivity contribution in [3.63, 3.8) is 0 Å². The number of benzene rings is 7. The van der Waals surface area contributed by atoms with Crippen LogP contribution in [0.4, 0.5) is 0 Å². The lowest BCUT2D eigenvalue weighted by Crippen LogP contribution is -1.93. The van der Waals surface area contributed by atoms with Crippen LogP contribution in [0.1, 0.15) is 0 Å². The Morgan fingerprint density at radius 1 is 0.341 bits per heavy atom. The van der Waals surface area contributed by atoms with Gasteiger partial charge >= 0.3 is 0 Å². The van der Waals surface area contributed by atoms with Crippen molar-refractivity contribution >= 4 is 54.1 Å². The molecule has 3 nitrogen and oxygen atoms in total. The quantitative estimate of drug-likeness (QED) is 0.160. The Hall–Kier alpha value is -5.93. The minimum absolute atomic E-state index is 0.867. The summed E-state index contributed by atoms with van der Waals surface area (Å²) in [4.78, 5) is 14.6. The van der Waals surface area contributed by atoms with Gasteiger partial charge in [0.1, 0.15) is 0 Å². The van der Waals surface area contributed by atoms with Crippen LogP contribution in [0, 0.1) is 0 Å². The molecule has 0 amide bonds. The molecule has 0 atom stereocenters. The summed E-state index contributed by atoms with van der Waals surface area (Å²) in [6, 6.07) is 47.3. The van der Waals surface area contributed by atoms with E-state index in [1.54, 1.807) is 0 Å². The molecule has 7 aromatic carbocycles. The van der Waals surface area contributed by atoms with Gasteiger partial charge < -0.3 is 0 Å². The zero-order chi connectivity index (χ0) is 29.0. The smallest absolute Gasteiger partial charge is 0.0979 e. The van der Waals surface area contributed by atoms with Crippen LogP contribution < -0.4 is 0 Å². The van der Waals surface area contributed by atoms with E-state index >= 15 is 0 Å². The van der Waals surface area contributed by atoms with E-state index in [4.69, 9.17) is 9.97 Å². The number of nitrogens with zero attached hydrogens (tertiary/aromatic N) is 3. The molecule has 0 bridgehead atoms. The highest BCUT2D eigenvalue weighted by Gasteiger charge is 2.17. The number of hydrogen-bond acceptors (Lipinski definition) is 3. The monoisotopic (exact) mass is 559 g/mol. The van der Waals surface area contributed by atoms with Gasteiger partial charge in [0, 0.05) is 34.3 Å². The van der Waals surface area contributed by atoms with Crippen molar-refractivity contribution in [1.82, 2.24) is 15.0 Å². The highest BCUT2D eigenvalue weighted by molar-refractivity contribution is 6.23. The molecule has 0 spiro atoms. The summed E-state index contributed by atoms with van der Waals surface area (Å²) < 4.78 is 0. The molecule has 2 aromatic heterocycles. The first-order valence-electron chi connectivity index (χ1n) is 14.9. The third-order valence-electron chi connectivity index (χ3n) is 8.78. The standard InChI is InChI=1S/C41H25N3/c1-7-17-35-29(11-1)30-12-2-8-18-36(30)41-40(35)43-25-37(44-41)26-19-21-27(22-20-26)38-31-13-3-5-15-33(31)39(28-10-9-23-42-24-28)34-16-6-4-14-32(34)38/h1-25H. The highest BCUT2D eigenvalue weighted by atomic mass is 14.8. The second kappa shape index (κ2) is 9.82.